The molecule has 0 bridgehead atoms. The number of rotatable bonds is 4. The van der Waals surface area contributed by atoms with Gasteiger partial charge in [-0.1, -0.05) is 38.0 Å². The van der Waals surface area contributed by atoms with Crippen molar-refractivity contribution in [3.8, 4) is 0 Å². The van der Waals surface area contributed by atoms with Gasteiger partial charge in [-0.15, -0.1) is 0 Å². The van der Waals surface area contributed by atoms with Gasteiger partial charge in [0.25, 0.3) is 0 Å². The smallest absolute Gasteiger partial charge is 0.163 e. The Morgan fingerprint density at radius 2 is 1.84 bits per heavy atom. The van der Waals surface area contributed by atoms with Crippen molar-refractivity contribution < 1.29 is 9.47 Å². The highest BCUT2D eigenvalue weighted by atomic mass is 16.7. The maximum absolute atomic E-state index is 6.15. The number of hydrogen-bond donors (Lipinski definition) is 0. The summed E-state index contributed by atoms with van der Waals surface area (Å²) in [4.78, 5) is 0. The van der Waals surface area contributed by atoms with Crippen LogP contribution in [-0.4, -0.2) is 18.0 Å². The average Bonchev–Trinajstić information content (AvgIpc) is 2.33. The largest absolute Gasteiger partial charge is 0.347 e. The van der Waals surface area contributed by atoms with Crippen LogP contribution < -0.4 is 0 Å². The highest BCUT2D eigenvalue weighted by Crippen LogP contribution is 2.36. The second-order valence-corrected chi connectivity index (χ2v) is 6.16. The van der Waals surface area contributed by atoms with Gasteiger partial charge in [0.05, 0.1) is 12.2 Å². The summed E-state index contributed by atoms with van der Waals surface area (Å²) >= 11 is 0. The minimum atomic E-state index is -0.490. The fourth-order valence-electron chi connectivity index (χ4n) is 2.75. The van der Waals surface area contributed by atoms with Crippen molar-refractivity contribution in [2.24, 2.45) is 5.92 Å². The van der Waals surface area contributed by atoms with E-state index in [4.69, 9.17) is 9.47 Å². The molecule has 1 heterocycles. The van der Waals surface area contributed by atoms with Crippen molar-refractivity contribution in [3.05, 3.63) is 23.3 Å². The standard InChI is InChI=1S/C17H30O2/c1-8-10-15-14(5)16(19-17(6,7)18-15)13(4)11-12(3)9-2/h9,11,14-16H,8,10H2,1-7H3/b12-9+,13-11+/t14-,15+,16+/m0/s1. The minimum Gasteiger partial charge on any atom is -0.347 e. The molecular formula is C17H30O2. The monoisotopic (exact) mass is 266 g/mol. The van der Waals surface area contributed by atoms with Gasteiger partial charge in [-0.2, -0.15) is 0 Å². The third kappa shape index (κ3) is 4.47. The van der Waals surface area contributed by atoms with Crippen LogP contribution in [0.4, 0.5) is 0 Å². The maximum atomic E-state index is 6.15. The number of hydrogen-bond acceptors (Lipinski definition) is 2. The quantitative estimate of drug-likeness (QED) is 0.677. The number of ether oxygens (including phenoxy) is 2. The Morgan fingerprint density at radius 3 is 2.37 bits per heavy atom. The van der Waals surface area contributed by atoms with Gasteiger partial charge < -0.3 is 9.47 Å². The van der Waals surface area contributed by atoms with E-state index in [1.165, 1.54) is 11.1 Å². The van der Waals surface area contributed by atoms with E-state index < -0.39 is 5.79 Å². The molecule has 0 aromatic rings. The fraction of sp³-hybridized carbons (Fsp3) is 0.765. The summed E-state index contributed by atoms with van der Waals surface area (Å²) in [5.41, 5.74) is 2.57. The highest BCUT2D eigenvalue weighted by molar-refractivity contribution is 5.23. The summed E-state index contributed by atoms with van der Waals surface area (Å²) in [5, 5.41) is 0. The molecule has 0 amide bonds. The molecule has 0 aromatic heterocycles. The summed E-state index contributed by atoms with van der Waals surface area (Å²) in [5.74, 6) is -0.0930. The molecule has 0 aromatic carbocycles. The lowest BCUT2D eigenvalue weighted by Crippen LogP contribution is -2.50. The molecule has 0 saturated carbocycles. The van der Waals surface area contributed by atoms with Gasteiger partial charge >= 0.3 is 0 Å². The Hall–Kier alpha value is -0.600. The van der Waals surface area contributed by atoms with Crippen molar-refractivity contribution in [2.45, 2.75) is 79.3 Å². The molecule has 0 aliphatic carbocycles. The predicted octanol–water partition coefficient (Wildman–Crippen LogP) is 4.86. The van der Waals surface area contributed by atoms with Gasteiger partial charge in [0, 0.05) is 5.92 Å². The van der Waals surface area contributed by atoms with Gasteiger partial charge in [-0.25, -0.2) is 0 Å². The second-order valence-electron chi connectivity index (χ2n) is 6.16. The molecule has 1 saturated heterocycles. The normalized spacial score (nSPS) is 32.5. The highest BCUT2D eigenvalue weighted by Gasteiger charge is 2.40. The van der Waals surface area contributed by atoms with Crippen LogP contribution in [0.5, 0.6) is 0 Å². The molecule has 3 atom stereocenters. The van der Waals surface area contributed by atoms with Gasteiger partial charge in [0.2, 0.25) is 0 Å². The summed E-state index contributed by atoms with van der Waals surface area (Å²) in [6.45, 7) is 14.8. The molecule has 0 unspecified atom stereocenters. The lowest BCUT2D eigenvalue weighted by Gasteiger charge is -2.45. The van der Waals surface area contributed by atoms with Gasteiger partial charge in [-0.05, 0) is 46.6 Å². The van der Waals surface area contributed by atoms with Crippen molar-refractivity contribution in [3.63, 3.8) is 0 Å². The van der Waals surface area contributed by atoms with Crippen LogP contribution in [0.2, 0.25) is 0 Å². The second kappa shape index (κ2) is 6.71. The molecule has 1 fully saturated rings. The molecule has 0 spiro atoms. The first-order chi connectivity index (χ1) is 8.80. The van der Waals surface area contributed by atoms with Crippen LogP contribution in [-0.2, 0) is 9.47 Å². The van der Waals surface area contributed by atoms with Crippen molar-refractivity contribution in [1.29, 1.82) is 0 Å². The molecule has 0 radical (unpaired) electrons. The van der Waals surface area contributed by atoms with Crippen LogP contribution in [0.3, 0.4) is 0 Å². The van der Waals surface area contributed by atoms with E-state index in [1.54, 1.807) is 0 Å². The van der Waals surface area contributed by atoms with E-state index in [2.05, 4.69) is 46.8 Å². The summed E-state index contributed by atoms with van der Waals surface area (Å²) in [6, 6.07) is 0. The van der Waals surface area contributed by atoms with E-state index in [0.29, 0.717) is 5.92 Å². The maximum Gasteiger partial charge on any atom is 0.163 e. The number of allylic oxidation sites excluding steroid dienone is 3. The topological polar surface area (TPSA) is 18.5 Å². The molecule has 1 rings (SSSR count). The van der Waals surface area contributed by atoms with E-state index in [0.717, 1.165) is 12.8 Å². The van der Waals surface area contributed by atoms with E-state index in [-0.39, 0.29) is 12.2 Å². The Kier molecular flexibility index (Phi) is 5.82. The molecule has 110 valence electrons. The summed E-state index contributed by atoms with van der Waals surface area (Å²) in [7, 11) is 0. The molecule has 0 N–H and O–H groups in total. The minimum absolute atomic E-state index is 0.148. The molecular weight excluding hydrogens is 236 g/mol. The van der Waals surface area contributed by atoms with Crippen LogP contribution in [0.15, 0.2) is 23.3 Å². The van der Waals surface area contributed by atoms with Gasteiger partial charge in [0.1, 0.15) is 0 Å². The SMILES string of the molecule is C/C=C(C)/C=C(\C)[C@H]1OC(C)(C)O[C@H](CCC)[C@@H]1C. The van der Waals surface area contributed by atoms with E-state index in [9.17, 15) is 0 Å². The Bertz CT molecular complexity index is 352. The third-order valence-electron chi connectivity index (χ3n) is 3.84. The van der Waals surface area contributed by atoms with Crippen LogP contribution in [0.1, 0.15) is 61.3 Å². The van der Waals surface area contributed by atoms with Crippen LogP contribution >= 0.6 is 0 Å². The predicted molar refractivity (Wildman–Crippen MR) is 81.1 cm³/mol. The molecule has 2 nitrogen and oxygen atoms in total. The molecule has 19 heavy (non-hydrogen) atoms. The van der Waals surface area contributed by atoms with Crippen molar-refractivity contribution in [2.75, 3.05) is 0 Å². The Labute approximate surface area is 118 Å². The molecule has 1 aliphatic heterocycles. The van der Waals surface area contributed by atoms with Crippen molar-refractivity contribution >= 4 is 0 Å². The van der Waals surface area contributed by atoms with Gasteiger partial charge in [0.15, 0.2) is 5.79 Å². The first-order valence-electron chi connectivity index (χ1n) is 7.47. The fourth-order valence-corrected chi connectivity index (χ4v) is 2.75. The summed E-state index contributed by atoms with van der Waals surface area (Å²) in [6.07, 6.45) is 7.03. The first-order valence-corrected chi connectivity index (χ1v) is 7.47. The Balaban J connectivity index is 2.94. The lowest BCUT2D eigenvalue weighted by atomic mass is 9.88. The van der Waals surface area contributed by atoms with Gasteiger partial charge in [-0.3, -0.25) is 0 Å². The van der Waals surface area contributed by atoms with Crippen LogP contribution in [0, 0.1) is 5.92 Å². The zero-order chi connectivity index (χ0) is 14.6. The lowest BCUT2D eigenvalue weighted by molar-refractivity contribution is -0.311. The van der Waals surface area contributed by atoms with Crippen LogP contribution in [0.25, 0.3) is 0 Å². The van der Waals surface area contributed by atoms with Crippen molar-refractivity contribution in [1.82, 2.24) is 0 Å². The molecule has 1 aliphatic rings. The zero-order valence-corrected chi connectivity index (χ0v) is 13.6. The van der Waals surface area contributed by atoms with E-state index >= 15 is 0 Å². The Morgan fingerprint density at radius 1 is 1.21 bits per heavy atom. The summed E-state index contributed by atoms with van der Waals surface area (Å²) < 4.78 is 12.2. The molecule has 2 heteroatoms. The zero-order valence-electron chi connectivity index (χ0n) is 13.6. The first kappa shape index (κ1) is 16.5. The van der Waals surface area contributed by atoms with E-state index in [1.807, 2.05) is 13.8 Å². The third-order valence-corrected chi connectivity index (χ3v) is 3.84. The average molecular weight is 266 g/mol.